The first-order chi connectivity index (χ1) is 8.88. The molecule has 1 aliphatic rings. The summed E-state index contributed by atoms with van der Waals surface area (Å²) in [5.41, 5.74) is 1.34. The molecule has 0 aliphatic carbocycles. The number of thiophene rings is 1. The van der Waals surface area contributed by atoms with E-state index < -0.39 is 0 Å². The van der Waals surface area contributed by atoms with Gasteiger partial charge in [0.25, 0.3) is 0 Å². The molecule has 2 heterocycles. The van der Waals surface area contributed by atoms with Gasteiger partial charge in [-0.05, 0) is 31.0 Å². The molecule has 0 saturated heterocycles. The summed E-state index contributed by atoms with van der Waals surface area (Å²) in [6.07, 6.45) is 1.07. The van der Waals surface area contributed by atoms with E-state index in [-0.39, 0.29) is 0 Å². The molecule has 1 aliphatic heterocycles. The van der Waals surface area contributed by atoms with E-state index in [0.717, 1.165) is 18.8 Å². The molecule has 3 heteroatoms. The normalized spacial score (nSPS) is 19.3. The van der Waals surface area contributed by atoms with E-state index in [9.17, 15) is 0 Å². The Bertz CT molecular complexity index is 509. The number of likely N-dealkylation sites (N-methyl/N-ethyl adjacent to an activating group) is 1. The van der Waals surface area contributed by atoms with Crippen LogP contribution in [0.1, 0.15) is 16.4 Å². The third-order valence-corrected chi connectivity index (χ3v) is 4.49. The predicted octanol–water partition coefficient (Wildman–Crippen LogP) is 3.05. The van der Waals surface area contributed by atoms with Crippen molar-refractivity contribution in [2.75, 3.05) is 13.7 Å². The van der Waals surface area contributed by atoms with Crippen LogP contribution in [0, 0.1) is 0 Å². The SMILES string of the molecule is CNC(Cc1cccs1)C1COc2ccccc21. The summed E-state index contributed by atoms with van der Waals surface area (Å²) in [6.45, 7) is 0.788. The Labute approximate surface area is 112 Å². The highest BCUT2D eigenvalue weighted by atomic mass is 32.1. The first-order valence-corrected chi connectivity index (χ1v) is 7.18. The number of para-hydroxylation sites is 1. The lowest BCUT2D eigenvalue weighted by Gasteiger charge is -2.21. The van der Waals surface area contributed by atoms with Gasteiger partial charge < -0.3 is 10.1 Å². The second-order valence-corrected chi connectivity index (χ2v) is 5.67. The van der Waals surface area contributed by atoms with Gasteiger partial charge in [0.1, 0.15) is 5.75 Å². The highest BCUT2D eigenvalue weighted by molar-refractivity contribution is 7.09. The lowest BCUT2D eigenvalue weighted by atomic mass is 9.91. The molecular weight excluding hydrogens is 242 g/mol. The molecule has 1 N–H and O–H groups in total. The van der Waals surface area contributed by atoms with Crippen molar-refractivity contribution in [3.63, 3.8) is 0 Å². The van der Waals surface area contributed by atoms with Crippen LogP contribution in [-0.2, 0) is 6.42 Å². The molecule has 0 amide bonds. The quantitative estimate of drug-likeness (QED) is 0.911. The molecule has 2 aromatic rings. The van der Waals surface area contributed by atoms with Gasteiger partial charge in [0.2, 0.25) is 0 Å². The molecule has 2 atom stereocenters. The summed E-state index contributed by atoms with van der Waals surface area (Å²) in [6, 6.07) is 13.1. The second kappa shape index (κ2) is 5.12. The fourth-order valence-electron chi connectivity index (χ4n) is 2.61. The average Bonchev–Trinajstić information content (AvgIpc) is 3.05. The molecule has 3 rings (SSSR count). The van der Waals surface area contributed by atoms with Crippen molar-refractivity contribution in [3.8, 4) is 5.75 Å². The van der Waals surface area contributed by atoms with Crippen LogP contribution in [0.15, 0.2) is 41.8 Å². The van der Waals surface area contributed by atoms with Crippen molar-refractivity contribution in [2.45, 2.75) is 18.4 Å². The van der Waals surface area contributed by atoms with E-state index in [0.29, 0.717) is 12.0 Å². The smallest absolute Gasteiger partial charge is 0.122 e. The molecule has 2 nitrogen and oxygen atoms in total. The Morgan fingerprint density at radius 3 is 3.00 bits per heavy atom. The van der Waals surface area contributed by atoms with Gasteiger partial charge >= 0.3 is 0 Å². The highest BCUT2D eigenvalue weighted by Crippen LogP contribution is 2.36. The van der Waals surface area contributed by atoms with Crippen LogP contribution in [0.3, 0.4) is 0 Å². The van der Waals surface area contributed by atoms with Gasteiger partial charge in [-0.3, -0.25) is 0 Å². The number of ether oxygens (including phenoxy) is 1. The molecule has 1 aromatic heterocycles. The van der Waals surface area contributed by atoms with Crippen LogP contribution >= 0.6 is 11.3 Å². The molecule has 18 heavy (non-hydrogen) atoms. The van der Waals surface area contributed by atoms with E-state index in [2.05, 4.69) is 41.0 Å². The zero-order chi connectivity index (χ0) is 12.4. The highest BCUT2D eigenvalue weighted by Gasteiger charge is 2.30. The summed E-state index contributed by atoms with van der Waals surface area (Å²) >= 11 is 1.83. The van der Waals surface area contributed by atoms with E-state index in [1.807, 2.05) is 24.5 Å². The minimum atomic E-state index is 0.437. The third-order valence-electron chi connectivity index (χ3n) is 3.59. The van der Waals surface area contributed by atoms with Crippen molar-refractivity contribution in [1.82, 2.24) is 5.32 Å². The van der Waals surface area contributed by atoms with Gasteiger partial charge in [-0.1, -0.05) is 24.3 Å². The number of benzene rings is 1. The second-order valence-electron chi connectivity index (χ2n) is 4.63. The molecule has 0 bridgehead atoms. The number of fused-ring (bicyclic) bond motifs is 1. The van der Waals surface area contributed by atoms with Crippen LogP contribution < -0.4 is 10.1 Å². The van der Waals surface area contributed by atoms with Crippen molar-refractivity contribution < 1.29 is 4.74 Å². The topological polar surface area (TPSA) is 21.3 Å². The molecule has 0 fully saturated rings. The maximum atomic E-state index is 5.78. The Kier molecular flexibility index (Phi) is 3.35. The molecular formula is C15H17NOS. The van der Waals surface area contributed by atoms with Crippen LogP contribution in [-0.4, -0.2) is 19.7 Å². The lowest BCUT2D eigenvalue weighted by Crippen LogP contribution is -2.34. The van der Waals surface area contributed by atoms with Gasteiger partial charge in [0.15, 0.2) is 0 Å². The van der Waals surface area contributed by atoms with Crippen molar-refractivity contribution >= 4 is 11.3 Å². The van der Waals surface area contributed by atoms with Gasteiger partial charge in [-0.15, -0.1) is 11.3 Å². The van der Waals surface area contributed by atoms with E-state index in [1.54, 1.807) is 0 Å². The first-order valence-electron chi connectivity index (χ1n) is 6.30. The Balaban J connectivity index is 1.81. The Morgan fingerprint density at radius 2 is 2.22 bits per heavy atom. The fraction of sp³-hybridized carbons (Fsp3) is 0.333. The van der Waals surface area contributed by atoms with Crippen LogP contribution in [0.2, 0.25) is 0 Å². The summed E-state index contributed by atoms with van der Waals surface area (Å²) in [4.78, 5) is 1.43. The number of rotatable bonds is 4. The van der Waals surface area contributed by atoms with Crippen molar-refractivity contribution in [1.29, 1.82) is 0 Å². The van der Waals surface area contributed by atoms with Gasteiger partial charge in [0.05, 0.1) is 6.61 Å². The van der Waals surface area contributed by atoms with Crippen LogP contribution in [0.4, 0.5) is 0 Å². The number of nitrogens with one attached hydrogen (secondary N) is 1. The summed E-state index contributed by atoms with van der Waals surface area (Å²) in [7, 11) is 2.04. The number of hydrogen-bond donors (Lipinski definition) is 1. The molecule has 0 spiro atoms. The Hall–Kier alpha value is -1.32. The van der Waals surface area contributed by atoms with Crippen LogP contribution in [0.25, 0.3) is 0 Å². The molecule has 0 radical (unpaired) electrons. The maximum absolute atomic E-state index is 5.78. The lowest BCUT2D eigenvalue weighted by molar-refractivity contribution is 0.302. The van der Waals surface area contributed by atoms with Crippen LogP contribution in [0.5, 0.6) is 5.75 Å². The molecule has 94 valence electrons. The van der Waals surface area contributed by atoms with E-state index in [1.165, 1.54) is 10.4 Å². The molecule has 2 unspecified atom stereocenters. The zero-order valence-electron chi connectivity index (χ0n) is 10.4. The molecule has 1 aromatic carbocycles. The van der Waals surface area contributed by atoms with Crippen molar-refractivity contribution in [2.24, 2.45) is 0 Å². The molecule has 0 saturated carbocycles. The summed E-state index contributed by atoms with van der Waals surface area (Å²) in [5.74, 6) is 1.50. The van der Waals surface area contributed by atoms with Gasteiger partial charge in [0, 0.05) is 22.4 Å². The standard InChI is InChI=1S/C15H17NOS/c1-16-14(9-11-5-4-8-18-11)13-10-17-15-7-3-2-6-12(13)15/h2-8,13-14,16H,9-10H2,1H3. The maximum Gasteiger partial charge on any atom is 0.122 e. The number of hydrogen-bond acceptors (Lipinski definition) is 3. The first kappa shape index (κ1) is 11.8. The largest absolute Gasteiger partial charge is 0.493 e. The third kappa shape index (κ3) is 2.16. The summed E-state index contributed by atoms with van der Waals surface area (Å²) in [5, 5.41) is 5.59. The monoisotopic (exact) mass is 259 g/mol. The Morgan fingerprint density at radius 1 is 1.33 bits per heavy atom. The van der Waals surface area contributed by atoms with Gasteiger partial charge in [-0.25, -0.2) is 0 Å². The fourth-order valence-corrected chi connectivity index (χ4v) is 3.38. The minimum absolute atomic E-state index is 0.437. The predicted molar refractivity (Wildman–Crippen MR) is 75.5 cm³/mol. The van der Waals surface area contributed by atoms with Gasteiger partial charge in [-0.2, -0.15) is 0 Å². The zero-order valence-corrected chi connectivity index (χ0v) is 11.2. The minimum Gasteiger partial charge on any atom is -0.493 e. The summed E-state index contributed by atoms with van der Waals surface area (Å²) < 4.78 is 5.78. The van der Waals surface area contributed by atoms with E-state index >= 15 is 0 Å². The van der Waals surface area contributed by atoms with E-state index in [4.69, 9.17) is 4.74 Å². The average molecular weight is 259 g/mol. The van der Waals surface area contributed by atoms with Crippen molar-refractivity contribution in [3.05, 3.63) is 52.2 Å².